The van der Waals surface area contributed by atoms with E-state index >= 15 is 0 Å². The summed E-state index contributed by atoms with van der Waals surface area (Å²) in [5.74, 6) is -1.13. The van der Waals surface area contributed by atoms with Crippen molar-refractivity contribution in [2.24, 2.45) is 0 Å². The van der Waals surface area contributed by atoms with Crippen molar-refractivity contribution in [3.05, 3.63) is 34.9 Å². The number of halogens is 1. The third-order valence-corrected chi connectivity index (χ3v) is 2.74. The lowest BCUT2D eigenvalue weighted by Crippen LogP contribution is -2.45. The van der Waals surface area contributed by atoms with Gasteiger partial charge in [0.2, 0.25) is 0 Å². The highest BCUT2D eigenvalue weighted by Crippen LogP contribution is 2.10. The number of aliphatic hydroxyl groups is 1. The van der Waals surface area contributed by atoms with Crippen LogP contribution in [0.2, 0.25) is 5.02 Å². The number of carboxylic acids is 1. The van der Waals surface area contributed by atoms with Crippen molar-refractivity contribution in [3.63, 3.8) is 0 Å². The zero-order valence-electron chi connectivity index (χ0n) is 11.0. The van der Waals surface area contributed by atoms with Gasteiger partial charge in [-0.15, -0.1) is 0 Å². The van der Waals surface area contributed by atoms with Crippen molar-refractivity contribution in [2.75, 3.05) is 6.54 Å². The third kappa shape index (κ3) is 6.40. The van der Waals surface area contributed by atoms with Crippen molar-refractivity contribution < 1.29 is 19.8 Å². The standard InChI is InChI=1S/C13H17ClN2O4/c1-13(20,6-11(17)18)8-16-12(19)15-7-9-3-2-4-10(14)5-9/h2-5,20H,6-8H2,1H3,(H,17,18)(H2,15,16,19). The molecule has 6 nitrogen and oxygen atoms in total. The van der Waals surface area contributed by atoms with Crippen LogP contribution in [0.5, 0.6) is 0 Å². The molecular weight excluding hydrogens is 284 g/mol. The second-order valence-electron chi connectivity index (χ2n) is 4.73. The normalized spacial score (nSPS) is 13.3. The van der Waals surface area contributed by atoms with Gasteiger partial charge in [0.25, 0.3) is 0 Å². The largest absolute Gasteiger partial charge is 0.481 e. The molecule has 7 heteroatoms. The van der Waals surface area contributed by atoms with E-state index < -0.39 is 24.0 Å². The van der Waals surface area contributed by atoms with Crippen molar-refractivity contribution >= 4 is 23.6 Å². The molecule has 0 aliphatic rings. The Labute approximate surface area is 121 Å². The summed E-state index contributed by atoms with van der Waals surface area (Å²) in [7, 11) is 0. The minimum absolute atomic E-state index is 0.152. The van der Waals surface area contributed by atoms with Crippen LogP contribution in [0.3, 0.4) is 0 Å². The molecule has 1 rings (SSSR count). The Morgan fingerprint density at radius 3 is 2.65 bits per heavy atom. The van der Waals surface area contributed by atoms with Crippen LogP contribution in [0, 0.1) is 0 Å². The van der Waals surface area contributed by atoms with Gasteiger partial charge in [-0.1, -0.05) is 23.7 Å². The van der Waals surface area contributed by atoms with Crippen LogP contribution < -0.4 is 10.6 Å². The predicted molar refractivity (Wildman–Crippen MR) is 74.6 cm³/mol. The Kier molecular flexibility index (Phi) is 5.79. The zero-order valence-corrected chi connectivity index (χ0v) is 11.8. The van der Waals surface area contributed by atoms with E-state index in [1.54, 1.807) is 18.2 Å². The average molecular weight is 301 g/mol. The molecule has 0 fully saturated rings. The quantitative estimate of drug-likeness (QED) is 0.637. The highest BCUT2D eigenvalue weighted by atomic mass is 35.5. The van der Waals surface area contributed by atoms with Crippen LogP contribution in [0.1, 0.15) is 18.9 Å². The van der Waals surface area contributed by atoms with Crippen LogP contribution in [0.15, 0.2) is 24.3 Å². The Morgan fingerprint density at radius 1 is 1.35 bits per heavy atom. The van der Waals surface area contributed by atoms with Gasteiger partial charge in [-0.25, -0.2) is 4.79 Å². The van der Waals surface area contributed by atoms with Gasteiger partial charge in [-0.3, -0.25) is 4.79 Å². The SMILES string of the molecule is CC(O)(CNC(=O)NCc1cccc(Cl)c1)CC(=O)O. The van der Waals surface area contributed by atoms with E-state index in [2.05, 4.69) is 10.6 Å². The summed E-state index contributed by atoms with van der Waals surface area (Å²) in [6.45, 7) is 1.48. The first-order valence-corrected chi connectivity index (χ1v) is 6.37. The molecule has 0 saturated carbocycles. The molecule has 0 heterocycles. The number of aliphatic carboxylic acids is 1. The maximum atomic E-state index is 11.5. The Morgan fingerprint density at radius 2 is 2.05 bits per heavy atom. The molecule has 0 aliphatic carbocycles. The highest BCUT2D eigenvalue weighted by molar-refractivity contribution is 6.30. The van der Waals surface area contributed by atoms with Gasteiger partial charge in [0, 0.05) is 18.1 Å². The number of carbonyl (C=O) groups excluding carboxylic acids is 1. The van der Waals surface area contributed by atoms with E-state index in [0.717, 1.165) is 5.56 Å². The number of hydrogen-bond acceptors (Lipinski definition) is 3. The molecular formula is C13H17ClN2O4. The molecule has 0 spiro atoms. The number of urea groups is 1. The minimum Gasteiger partial charge on any atom is -0.481 e. The zero-order chi connectivity index (χ0) is 15.2. The van der Waals surface area contributed by atoms with E-state index in [9.17, 15) is 14.7 Å². The molecule has 1 atom stereocenters. The highest BCUT2D eigenvalue weighted by Gasteiger charge is 2.24. The number of carbonyl (C=O) groups is 2. The monoisotopic (exact) mass is 300 g/mol. The number of amides is 2. The van der Waals surface area contributed by atoms with Gasteiger partial charge in [0.1, 0.15) is 0 Å². The maximum absolute atomic E-state index is 11.5. The summed E-state index contributed by atoms with van der Waals surface area (Å²) in [6.07, 6.45) is -0.443. The molecule has 1 aromatic carbocycles. The summed E-state index contributed by atoms with van der Waals surface area (Å²) in [6, 6.07) is 6.55. The Hall–Kier alpha value is -1.79. The van der Waals surface area contributed by atoms with E-state index in [1.807, 2.05) is 6.07 Å². The minimum atomic E-state index is -1.49. The van der Waals surface area contributed by atoms with Gasteiger partial charge < -0.3 is 20.8 Å². The number of rotatable bonds is 6. The van der Waals surface area contributed by atoms with Crippen LogP contribution in [-0.2, 0) is 11.3 Å². The van der Waals surface area contributed by atoms with E-state index in [0.29, 0.717) is 5.02 Å². The first-order chi connectivity index (χ1) is 9.28. The Balaban J connectivity index is 2.35. The predicted octanol–water partition coefficient (Wildman–Crippen LogP) is 1.36. The van der Waals surface area contributed by atoms with Crippen LogP contribution in [0.25, 0.3) is 0 Å². The van der Waals surface area contributed by atoms with Gasteiger partial charge in [0.05, 0.1) is 12.0 Å². The van der Waals surface area contributed by atoms with Gasteiger partial charge in [-0.05, 0) is 24.6 Å². The average Bonchev–Trinajstić information content (AvgIpc) is 2.32. The third-order valence-electron chi connectivity index (χ3n) is 2.50. The van der Waals surface area contributed by atoms with Crippen molar-refractivity contribution in [1.82, 2.24) is 10.6 Å². The van der Waals surface area contributed by atoms with E-state index in [1.165, 1.54) is 6.92 Å². The lowest BCUT2D eigenvalue weighted by Gasteiger charge is -2.21. The summed E-state index contributed by atoms with van der Waals surface area (Å²) < 4.78 is 0. The smallest absolute Gasteiger partial charge is 0.315 e. The van der Waals surface area contributed by atoms with Crippen molar-refractivity contribution in [1.29, 1.82) is 0 Å². The number of nitrogens with one attached hydrogen (secondary N) is 2. The summed E-state index contributed by atoms with van der Waals surface area (Å²) in [5.41, 5.74) is -0.649. The van der Waals surface area contributed by atoms with Gasteiger partial charge in [0.15, 0.2) is 0 Å². The lowest BCUT2D eigenvalue weighted by atomic mass is 10.0. The van der Waals surface area contributed by atoms with Gasteiger partial charge in [-0.2, -0.15) is 0 Å². The summed E-state index contributed by atoms with van der Waals surface area (Å²) in [4.78, 5) is 22.0. The maximum Gasteiger partial charge on any atom is 0.315 e. The summed E-state index contributed by atoms with van der Waals surface area (Å²) in [5, 5.41) is 23.9. The number of hydrogen-bond donors (Lipinski definition) is 4. The first kappa shape index (κ1) is 16.3. The summed E-state index contributed by atoms with van der Waals surface area (Å²) >= 11 is 5.81. The molecule has 2 amide bonds. The fourth-order valence-corrected chi connectivity index (χ4v) is 1.76. The molecule has 0 radical (unpaired) electrons. The first-order valence-electron chi connectivity index (χ1n) is 5.99. The fraction of sp³-hybridized carbons (Fsp3) is 0.385. The van der Waals surface area contributed by atoms with E-state index in [4.69, 9.17) is 16.7 Å². The van der Waals surface area contributed by atoms with E-state index in [-0.39, 0.29) is 13.1 Å². The second kappa shape index (κ2) is 7.12. The second-order valence-corrected chi connectivity index (χ2v) is 5.17. The molecule has 4 N–H and O–H groups in total. The number of carboxylic acid groups (broad SMARTS) is 1. The molecule has 0 aliphatic heterocycles. The van der Waals surface area contributed by atoms with Crippen molar-refractivity contribution in [2.45, 2.75) is 25.5 Å². The topological polar surface area (TPSA) is 98.7 Å². The molecule has 20 heavy (non-hydrogen) atoms. The molecule has 0 bridgehead atoms. The fourth-order valence-electron chi connectivity index (χ4n) is 1.55. The Bertz CT molecular complexity index is 491. The molecule has 0 aromatic heterocycles. The lowest BCUT2D eigenvalue weighted by molar-refractivity contribution is -0.141. The van der Waals surface area contributed by atoms with Crippen molar-refractivity contribution in [3.8, 4) is 0 Å². The van der Waals surface area contributed by atoms with Crippen LogP contribution in [-0.4, -0.2) is 34.4 Å². The molecule has 1 unspecified atom stereocenters. The van der Waals surface area contributed by atoms with Gasteiger partial charge >= 0.3 is 12.0 Å². The van der Waals surface area contributed by atoms with Crippen LogP contribution >= 0.6 is 11.6 Å². The van der Waals surface area contributed by atoms with Crippen LogP contribution in [0.4, 0.5) is 4.79 Å². The number of benzene rings is 1. The molecule has 110 valence electrons. The molecule has 1 aromatic rings. The molecule has 0 saturated heterocycles.